The van der Waals surface area contributed by atoms with Crippen LogP contribution in [0.25, 0.3) is 0 Å². The SMILES string of the molecule is CNCCC1CCCCN1C(=O)c1ccc2c(c1)CCC2. The largest absolute Gasteiger partial charge is 0.336 e. The molecule has 0 spiro atoms. The second-order valence-electron chi connectivity index (χ2n) is 6.38. The van der Waals surface area contributed by atoms with Crippen LogP contribution in [-0.2, 0) is 12.8 Å². The summed E-state index contributed by atoms with van der Waals surface area (Å²) in [7, 11) is 1.98. The molecular weight excluding hydrogens is 260 g/mol. The molecule has 0 saturated carbocycles. The van der Waals surface area contributed by atoms with Gasteiger partial charge in [-0.2, -0.15) is 0 Å². The van der Waals surface area contributed by atoms with Crippen LogP contribution in [0.3, 0.4) is 0 Å². The summed E-state index contributed by atoms with van der Waals surface area (Å²) < 4.78 is 0. The normalized spacial score (nSPS) is 21.4. The van der Waals surface area contributed by atoms with Crippen molar-refractivity contribution < 1.29 is 4.79 Å². The Kier molecular flexibility index (Phi) is 4.59. The Morgan fingerprint density at radius 3 is 2.95 bits per heavy atom. The van der Waals surface area contributed by atoms with Gasteiger partial charge in [0.1, 0.15) is 0 Å². The molecule has 0 radical (unpaired) electrons. The maximum Gasteiger partial charge on any atom is 0.254 e. The van der Waals surface area contributed by atoms with E-state index in [0.717, 1.165) is 44.3 Å². The zero-order chi connectivity index (χ0) is 14.7. The molecule has 21 heavy (non-hydrogen) atoms. The number of amides is 1. The molecule has 3 heteroatoms. The van der Waals surface area contributed by atoms with Gasteiger partial charge in [0.15, 0.2) is 0 Å². The molecular formula is C18H26N2O. The summed E-state index contributed by atoms with van der Waals surface area (Å²) in [6.45, 7) is 1.91. The van der Waals surface area contributed by atoms with Gasteiger partial charge in [-0.15, -0.1) is 0 Å². The van der Waals surface area contributed by atoms with Crippen molar-refractivity contribution in [2.75, 3.05) is 20.1 Å². The van der Waals surface area contributed by atoms with Crippen LogP contribution in [0, 0.1) is 0 Å². The van der Waals surface area contributed by atoms with Crippen molar-refractivity contribution >= 4 is 5.91 Å². The fourth-order valence-corrected chi connectivity index (χ4v) is 3.75. The summed E-state index contributed by atoms with van der Waals surface area (Å²) >= 11 is 0. The predicted molar refractivity (Wildman–Crippen MR) is 85.7 cm³/mol. The first kappa shape index (κ1) is 14.6. The second kappa shape index (κ2) is 6.61. The van der Waals surface area contributed by atoms with Crippen molar-refractivity contribution in [1.82, 2.24) is 10.2 Å². The van der Waals surface area contributed by atoms with Gasteiger partial charge in [-0.25, -0.2) is 0 Å². The molecule has 1 heterocycles. The lowest BCUT2D eigenvalue weighted by Crippen LogP contribution is -2.44. The second-order valence-corrected chi connectivity index (χ2v) is 6.38. The Bertz CT molecular complexity index is 512. The molecule has 0 aromatic heterocycles. The first-order chi connectivity index (χ1) is 10.3. The average molecular weight is 286 g/mol. The molecule has 1 fully saturated rings. The van der Waals surface area contributed by atoms with Crippen LogP contribution in [0.5, 0.6) is 0 Å². The van der Waals surface area contributed by atoms with Gasteiger partial charge >= 0.3 is 0 Å². The smallest absolute Gasteiger partial charge is 0.254 e. The number of rotatable bonds is 4. The topological polar surface area (TPSA) is 32.3 Å². The number of likely N-dealkylation sites (tertiary alicyclic amines) is 1. The van der Waals surface area contributed by atoms with Crippen LogP contribution >= 0.6 is 0 Å². The lowest BCUT2D eigenvalue weighted by atomic mass is 9.97. The molecule has 1 saturated heterocycles. The minimum atomic E-state index is 0.241. The summed E-state index contributed by atoms with van der Waals surface area (Å²) in [5.41, 5.74) is 3.73. The minimum absolute atomic E-state index is 0.241. The summed E-state index contributed by atoms with van der Waals surface area (Å²) in [4.78, 5) is 15.0. The molecule has 1 atom stereocenters. The molecule has 0 bridgehead atoms. The van der Waals surface area contributed by atoms with E-state index in [0.29, 0.717) is 6.04 Å². The number of fused-ring (bicyclic) bond motifs is 1. The van der Waals surface area contributed by atoms with Gasteiger partial charge in [-0.05, 0) is 81.8 Å². The fourth-order valence-electron chi connectivity index (χ4n) is 3.75. The average Bonchev–Trinajstić information content (AvgIpc) is 3.00. The van der Waals surface area contributed by atoms with Crippen molar-refractivity contribution in [3.8, 4) is 0 Å². The third-order valence-corrected chi connectivity index (χ3v) is 4.96. The van der Waals surface area contributed by atoms with Crippen molar-refractivity contribution in [3.63, 3.8) is 0 Å². The van der Waals surface area contributed by atoms with Gasteiger partial charge in [0, 0.05) is 18.2 Å². The van der Waals surface area contributed by atoms with E-state index < -0.39 is 0 Å². The van der Waals surface area contributed by atoms with E-state index in [1.165, 1.54) is 30.4 Å². The molecule has 114 valence electrons. The van der Waals surface area contributed by atoms with Crippen LogP contribution in [0.4, 0.5) is 0 Å². The number of nitrogens with zero attached hydrogens (tertiary/aromatic N) is 1. The Morgan fingerprint density at radius 2 is 2.10 bits per heavy atom. The van der Waals surface area contributed by atoms with Gasteiger partial charge in [-0.1, -0.05) is 6.07 Å². The molecule has 1 unspecified atom stereocenters. The summed E-state index contributed by atoms with van der Waals surface area (Å²) in [5, 5.41) is 3.21. The van der Waals surface area contributed by atoms with Crippen LogP contribution < -0.4 is 5.32 Å². The van der Waals surface area contributed by atoms with E-state index in [2.05, 4.69) is 22.3 Å². The molecule has 3 rings (SSSR count). The van der Waals surface area contributed by atoms with Gasteiger partial charge in [0.2, 0.25) is 0 Å². The van der Waals surface area contributed by atoms with E-state index in [9.17, 15) is 4.79 Å². The Hall–Kier alpha value is -1.35. The monoisotopic (exact) mass is 286 g/mol. The number of hydrogen-bond donors (Lipinski definition) is 1. The van der Waals surface area contributed by atoms with Crippen LogP contribution in [-0.4, -0.2) is 37.0 Å². The zero-order valence-electron chi connectivity index (χ0n) is 13.0. The number of nitrogens with one attached hydrogen (secondary N) is 1. The summed E-state index contributed by atoms with van der Waals surface area (Å²) in [5.74, 6) is 0.241. The number of carbonyl (C=O) groups excluding carboxylic acids is 1. The third kappa shape index (κ3) is 3.13. The third-order valence-electron chi connectivity index (χ3n) is 4.96. The molecule has 1 aliphatic carbocycles. The molecule has 1 aromatic carbocycles. The standard InChI is InChI=1S/C18H26N2O/c1-19-11-10-17-7-2-3-12-20(17)18(21)16-9-8-14-5-4-6-15(14)13-16/h8-9,13,17,19H,2-7,10-12H2,1H3. The molecule has 1 amide bonds. The van der Waals surface area contributed by atoms with Crippen molar-refractivity contribution in [2.45, 2.75) is 51.0 Å². The minimum Gasteiger partial charge on any atom is -0.336 e. The predicted octanol–water partition coefficient (Wildman–Crippen LogP) is 2.78. The van der Waals surface area contributed by atoms with Gasteiger partial charge in [-0.3, -0.25) is 4.79 Å². The lowest BCUT2D eigenvalue weighted by molar-refractivity contribution is 0.0602. The quantitative estimate of drug-likeness (QED) is 0.923. The highest BCUT2D eigenvalue weighted by Gasteiger charge is 2.27. The highest BCUT2D eigenvalue weighted by molar-refractivity contribution is 5.94. The maximum absolute atomic E-state index is 12.9. The Morgan fingerprint density at radius 1 is 1.24 bits per heavy atom. The molecule has 3 nitrogen and oxygen atoms in total. The van der Waals surface area contributed by atoms with Crippen LogP contribution in [0.2, 0.25) is 0 Å². The number of piperidine rings is 1. The Labute approximate surface area is 127 Å². The molecule has 1 aliphatic heterocycles. The van der Waals surface area contributed by atoms with E-state index in [1.54, 1.807) is 0 Å². The number of benzene rings is 1. The van der Waals surface area contributed by atoms with Gasteiger partial charge < -0.3 is 10.2 Å². The number of aryl methyl sites for hydroxylation is 2. The van der Waals surface area contributed by atoms with Gasteiger partial charge in [0.05, 0.1) is 0 Å². The van der Waals surface area contributed by atoms with E-state index >= 15 is 0 Å². The van der Waals surface area contributed by atoms with Crippen molar-refractivity contribution in [1.29, 1.82) is 0 Å². The highest BCUT2D eigenvalue weighted by Crippen LogP contribution is 2.26. The summed E-state index contributed by atoms with van der Waals surface area (Å²) in [6, 6.07) is 6.76. The van der Waals surface area contributed by atoms with E-state index in [4.69, 9.17) is 0 Å². The van der Waals surface area contributed by atoms with E-state index in [-0.39, 0.29) is 5.91 Å². The van der Waals surface area contributed by atoms with Gasteiger partial charge in [0.25, 0.3) is 5.91 Å². The number of carbonyl (C=O) groups is 1. The van der Waals surface area contributed by atoms with E-state index in [1.807, 2.05) is 13.1 Å². The van der Waals surface area contributed by atoms with Crippen LogP contribution in [0.1, 0.15) is 53.6 Å². The zero-order valence-corrected chi connectivity index (χ0v) is 13.0. The molecule has 2 aliphatic rings. The lowest BCUT2D eigenvalue weighted by Gasteiger charge is -2.36. The van der Waals surface area contributed by atoms with Crippen molar-refractivity contribution in [2.24, 2.45) is 0 Å². The number of hydrogen-bond acceptors (Lipinski definition) is 2. The molecule has 1 aromatic rings. The van der Waals surface area contributed by atoms with Crippen molar-refractivity contribution in [3.05, 3.63) is 34.9 Å². The maximum atomic E-state index is 12.9. The fraction of sp³-hybridized carbons (Fsp3) is 0.611. The summed E-state index contributed by atoms with van der Waals surface area (Å²) in [6.07, 6.45) is 8.17. The first-order valence-electron chi connectivity index (χ1n) is 8.37. The first-order valence-corrected chi connectivity index (χ1v) is 8.37. The highest BCUT2D eigenvalue weighted by atomic mass is 16.2. The van der Waals surface area contributed by atoms with Crippen LogP contribution in [0.15, 0.2) is 18.2 Å². The Balaban J connectivity index is 1.76. The molecule has 1 N–H and O–H groups in total.